The number of carbonyl (C=O) groups excluding carboxylic acids is 2. The topological polar surface area (TPSA) is 115 Å². The molecule has 13 heteroatoms. The van der Waals surface area contributed by atoms with Crippen molar-refractivity contribution in [1.82, 2.24) is 4.57 Å². The van der Waals surface area contributed by atoms with Crippen LogP contribution in [0.3, 0.4) is 0 Å². The van der Waals surface area contributed by atoms with E-state index in [0.717, 1.165) is 43.1 Å². The first-order valence-corrected chi connectivity index (χ1v) is 13.4. The van der Waals surface area contributed by atoms with Crippen molar-refractivity contribution < 1.29 is 33.4 Å². The molecule has 1 saturated heterocycles. The Balaban J connectivity index is 0.000000202. The monoisotopic (exact) mass is 596 g/mol. The molecular formula is C26H23Cl2FN2O7S. The Morgan fingerprint density at radius 1 is 1.15 bits per heavy atom. The number of carboxylic acid groups (broad SMARTS) is 1. The minimum atomic E-state index is -1.06. The summed E-state index contributed by atoms with van der Waals surface area (Å²) in [5, 5.41) is 9.16. The SMILES string of the molecule is CC(C)=C1OC(=O)N(c2cc(OC3CCCC3)c(Cl)cc2F)C1=O.O=C(O)Cn1c(=O)sc2cccc(Cl)c21. The van der Waals surface area contributed by atoms with Gasteiger partial charge in [-0.1, -0.05) is 40.6 Å². The number of para-hydroxylation sites is 1. The largest absolute Gasteiger partial charge is 0.489 e. The van der Waals surface area contributed by atoms with Crippen molar-refractivity contribution in [2.24, 2.45) is 0 Å². The van der Waals surface area contributed by atoms with Crippen LogP contribution in [-0.4, -0.2) is 33.7 Å². The molecule has 9 nitrogen and oxygen atoms in total. The Morgan fingerprint density at radius 2 is 1.85 bits per heavy atom. The summed E-state index contributed by atoms with van der Waals surface area (Å²) in [4.78, 5) is 46.8. The van der Waals surface area contributed by atoms with E-state index < -0.39 is 23.8 Å². The summed E-state index contributed by atoms with van der Waals surface area (Å²) < 4.78 is 26.9. The third kappa shape index (κ3) is 6.10. The second-order valence-corrected chi connectivity index (χ2v) is 10.8. The highest BCUT2D eigenvalue weighted by Crippen LogP contribution is 2.37. The zero-order valence-corrected chi connectivity index (χ0v) is 23.2. The number of allylic oxidation sites excluding steroid dienone is 1. The number of nitrogens with zero attached hydrogens (tertiary/aromatic N) is 2. The van der Waals surface area contributed by atoms with Gasteiger partial charge in [0.15, 0.2) is 5.76 Å². The maximum absolute atomic E-state index is 14.3. The Kier molecular flexibility index (Phi) is 8.63. The van der Waals surface area contributed by atoms with Crippen LogP contribution in [0.15, 0.2) is 46.5 Å². The molecule has 1 aromatic heterocycles. The van der Waals surface area contributed by atoms with Crippen LogP contribution in [0, 0.1) is 5.82 Å². The van der Waals surface area contributed by atoms with Gasteiger partial charge < -0.3 is 14.6 Å². The number of benzene rings is 2. The van der Waals surface area contributed by atoms with Gasteiger partial charge in [0.2, 0.25) is 0 Å². The molecule has 0 radical (unpaired) electrons. The lowest BCUT2D eigenvalue weighted by Crippen LogP contribution is -2.29. The van der Waals surface area contributed by atoms with Crippen LogP contribution in [0.25, 0.3) is 10.2 Å². The van der Waals surface area contributed by atoms with Gasteiger partial charge in [-0.15, -0.1) is 0 Å². The van der Waals surface area contributed by atoms with Gasteiger partial charge in [-0.3, -0.25) is 19.0 Å². The van der Waals surface area contributed by atoms with Crippen molar-refractivity contribution in [2.75, 3.05) is 4.90 Å². The first-order valence-electron chi connectivity index (χ1n) is 11.9. The minimum absolute atomic E-state index is 0.00962. The number of halogens is 3. The number of imide groups is 1. The molecule has 0 spiro atoms. The third-order valence-corrected chi connectivity index (χ3v) is 7.54. The van der Waals surface area contributed by atoms with Gasteiger partial charge in [-0.05, 0) is 63.3 Å². The molecule has 0 bridgehead atoms. The molecule has 5 rings (SSSR count). The van der Waals surface area contributed by atoms with E-state index in [1.54, 1.807) is 32.0 Å². The van der Waals surface area contributed by atoms with Crippen molar-refractivity contribution in [3.8, 4) is 5.75 Å². The van der Waals surface area contributed by atoms with E-state index in [4.69, 9.17) is 37.8 Å². The summed E-state index contributed by atoms with van der Waals surface area (Å²) >= 11 is 13.0. The quantitative estimate of drug-likeness (QED) is 0.340. The lowest BCUT2D eigenvalue weighted by Gasteiger charge is -2.18. The third-order valence-electron chi connectivity index (χ3n) is 5.99. The average Bonchev–Trinajstić information content (AvgIpc) is 3.55. The predicted octanol–water partition coefficient (Wildman–Crippen LogP) is 6.38. The highest BCUT2D eigenvalue weighted by atomic mass is 35.5. The summed E-state index contributed by atoms with van der Waals surface area (Å²) in [7, 11) is 0. The molecule has 3 aromatic rings. The van der Waals surface area contributed by atoms with Crippen molar-refractivity contribution in [3.63, 3.8) is 0 Å². The molecule has 0 unspecified atom stereocenters. The number of rotatable bonds is 5. The van der Waals surface area contributed by atoms with Gasteiger partial charge in [0, 0.05) is 6.07 Å². The number of hydrogen-bond donors (Lipinski definition) is 1. The fourth-order valence-corrected chi connectivity index (χ4v) is 5.65. The van der Waals surface area contributed by atoms with Crippen molar-refractivity contribution >= 4 is 68.4 Å². The molecule has 2 fully saturated rings. The van der Waals surface area contributed by atoms with Gasteiger partial charge in [0.1, 0.15) is 18.1 Å². The van der Waals surface area contributed by atoms with E-state index in [9.17, 15) is 23.6 Å². The van der Waals surface area contributed by atoms with Crippen LogP contribution < -0.4 is 14.5 Å². The predicted molar refractivity (Wildman–Crippen MR) is 145 cm³/mol. The molecular weight excluding hydrogens is 574 g/mol. The standard InChI is InChI=1S/C17H17ClFNO4.C9H6ClNO3S/c1-9(2)15-16(21)20(17(22)24-15)13-8-14(11(18)7-12(13)19)23-10-5-3-4-6-10;10-5-2-1-3-6-8(5)11(4-7(12)13)9(14)15-6/h7-8,10H,3-6H2,1-2H3;1-3H,4H2,(H,12,13). The molecule has 1 saturated carbocycles. The number of cyclic esters (lactones) is 1. The van der Waals surface area contributed by atoms with E-state index >= 15 is 0 Å². The Hall–Kier alpha value is -3.41. The number of carboxylic acids is 1. The van der Waals surface area contributed by atoms with Crippen LogP contribution in [0.1, 0.15) is 39.5 Å². The molecule has 1 aliphatic heterocycles. The number of hydrogen-bond acceptors (Lipinski definition) is 7. The number of anilines is 1. The Bertz CT molecular complexity index is 1560. The minimum Gasteiger partial charge on any atom is -0.489 e. The molecule has 2 heterocycles. The van der Waals surface area contributed by atoms with Gasteiger partial charge in [-0.25, -0.2) is 14.1 Å². The summed E-state index contributed by atoms with van der Waals surface area (Å²) in [5.41, 5.74) is 0.808. The van der Waals surface area contributed by atoms with E-state index in [-0.39, 0.29) is 39.7 Å². The van der Waals surface area contributed by atoms with Crippen LogP contribution in [0.4, 0.5) is 14.9 Å². The second kappa shape index (κ2) is 11.8. The van der Waals surface area contributed by atoms with Gasteiger partial charge in [-0.2, -0.15) is 0 Å². The van der Waals surface area contributed by atoms with Crippen LogP contribution in [-0.2, 0) is 20.9 Å². The molecule has 39 heavy (non-hydrogen) atoms. The van der Waals surface area contributed by atoms with Gasteiger partial charge in [0.05, 0.1) is 32.1 Å². The number of aromatic nitrogens is 1. The molecule has 1 N–H and O–H groups in total. The first kappa shape index (κ1) is 28.6. The average molecular weight is 597 g/mol. The van der Waals surface area contributed by atoms with Crippen LogP contribution in [0.5, 0.6) is 5.75 Å². The number of thiazole rings is 1. The summed E-state index contributed by atoms with van der Waals surface area (Å²) in [5.74, 6) is -2.39. The van der Waals surface area contributed by atoms with E-state index in [2.05, 4.69) is 0 Å². The maximum atomic E-state index is 14.3. The van der Waals surface area contributed by atoms with Gasteiger partial charge in [0.25, 0.3) is 0 Å². The normalized spacial score (nSPS) is 15.4. The first-order chi connectivity index (χ1) is 18.5. The van der Waals surface area contributed by atoms with Crippen molar-refractivity contribution in [3.05, 3.63) is 67.2 Å². The molecule has 1 aliphatic carbocycles. The second-order valence-electron chi connectivity index (χ2n) is 9.03. The van der Waals surface area contributed by atoms with Crippen LogP contribution >= 0.6 is 34.5 Å². The number of aliphatic carboxylic acids is 1. The number of carbonyl (C=O) groups is 3. The van der Waals surface area contributed by atoms with Crippen molar-refractivity contribution in [1.29, 1.82) is 0 Å². The van der Waals surface area contributed by atoms with E-state index in [0.29, 0.717) is 25.7 Å². The molecule has 2 amide bonds. The highest BCUT2D eigenvalue weighted by molar-refractivity contribution is 7.16. The highest BCUT2D eigenvalue weighted by Gasteiger charge is 2.40. The maximum Gasteiger partial charge on any atom is 0.427 e. The smallest absolute Gasteiger partial charge is 0.427 e. The number of ether oxygens (including phenoxy) is 2. The van der Waals surface area contributed by atoms with E-state index in [1.807, 2.05) is 0 Å². The fourth-order valence-electron chi connectivity index (χ4n) is 4.21. The van der Waals surface area contributed by atoms with E-state index in [1.165, 1.54) is 10.6 Å². The Labute approximate surface area is 235 Å². The summed E-state index contributed by atoms with van der Waals surface area (Å²) in [6.45, 7) is 2.91. The summed E-state index contributed by atoms with van der Waals surface area (Å²) in [6, 6.07) is 7.43. The summed E-state index contributed by atoms with van der Waals surface area (Å²) in [6.07, 6.45) is 3.00. The zero-order chi connectivity index (χ0) is 28.4. The fraction of sp³-hybridized carbons (Fsp3) is 0.308. The molecule has 2 aliphatic rings. The zero-order valence-electron chi connectivity index (χ0n) is 20.8. The Morgan fingerprint density at radius 3 is 2.46 bits per heavy atom. The lowest BCUT2D eigenvalue weighted by atomic mass is 10.2. The molecule has 0 atom stereocenters. The molecule has 2 aromatic carbocycles. The number of amides is 2. The van der Waals surface area contributed by atoms with Crippen molar-refractivity contribution in [2.45, 2.75) is 52.2 Å². The van der Waals surface area contributed by atoms with Crippen LogP contribution in [0.2, 0.25) is 10.0 Å². The molecule has 206 valence electrons. The van der Waals surface area contributed by atoms with Gasteiger partial charge >= 0.3 is 22.8 Å². The number of fused-ring (bicyclic) bond motifs is 1. The lowest BCUT2D eigenvalue weighted by molar-refractivity contribution is -0.137.